The van der Waals surface area contributed by atoms with Gasteiger partial charge < -0.3 is 0 Å². The maximum absolute atomic E-state index is 5.99. The van der Waals surface area contributed by atoms with Gasteiger partial charge in [0.05, 0.1) is 17.3 Å². The number of aryl methyl sites for hydroxylation is 4. The van der Waals surface area contributed by atoms with E-state index in [-0.39, 0.29) is 0 Å². The highest BCUT2D eigenvalue weighted by Gasteiger charge is 2.15. The van der Waals surface area contributed by atoms with Crippen LogP contribution in [0.2, 0.25) is 0 Å². The highest BCUT2D eigenvalue weighted by atomic mass is 35.5. The molecule has 0 radical (unpaired) electrons. The molecule has 0 atom stereocenters. The van der Waals surface area contributed by atoms with Crippen LogP contribution in [0, 0.1) is 34.6 Å². The molecule has 0 amide bonds. The topological polar surface area (TPSA) is 17.8 Å². The molecule has 0 saturated heterocycles. The van der Waals surface area contributed by atoms with Crippen molar-refractivity contribution in [2.75, 3.05) is 0 Å². The Morgan fingerprint density at radius 2 is 1.61 bits per heavy atom. The molecule has 96 valence electrons. The van der Waals surface area contributed by atoms with Crippen molar-refractivity contribution in [2.24, 2.45) is 0 Å². The van der Waals surface area contributed by atoms with Gasteiger partial charge in [-0.25, -0.2) is 4.68 Å². The Morgan fingerprint density at radius 3 is 2.06 bits per heavy atom. The van der Waals surface area contributed by atoms with Crippen LogP contribution in [-0.2, 0) is 5.88 Å². The van der Waals surface area contributed by atoms with Gasteiger partial charge in [-0.3, -0.25) is 0 Å². The Morgan fingerprint density at radius 1 is 1.06 bits per heavy atom. The Labute approximate surface area is 114 Å². The van der Waals surface area contributed by atoms with Gasteiger partial charge >= 0.3 is 0 Å². The van der Waals surface area contributed by atoms with Crippen molar-refractivity contribution in [1.82, 2.24) is 9.78 Å². The number of aromatic nitrogens is 2. The third kappa shape index (κ3) is 2.05. The zero-order chi connectivity index (χ0) is 13.4. The van der Waals surface area contributed by atoms with Crippen molar-refractivity contribution in [3.63, 3.8) is 0 Å². The Kier molecular flexibility index (Phi) is 3.49. The molecule has 2 rings (SSSR count). The smallest absolute Gasteiger partial charge is 0.0707 e. The van der Waals surface area contributed by atoms with E-state index >= 15 is 0 Å². The van der Waals surface area contributed by atoms with Crippen LogP contribution in [-0.4, -0.2) is 9.78 Å². The molecule has 0 bridgehead atoms. The lowest BCUT2D eigenvalue weighted by Gasteiger charge is -2.13. The van der Waals surface area contributed by atoms with Crippen LogP contribution in [0.5, 0.6) is 0 Å². The van der Waals surface area contributed by atoms with Crippen LogP contribution in [0.4, 0.5) is 0 Å². The van der Waals surface area contributed by atoms with Crippen molar-refractivity contribution in [1.29, 1.82) is 0 Å². The van der Waals surface area contributed by atoms with Crippen molar-refractivity contribution in [3.8, 4) is 5.69 Å². The SMILES string of the molecule is Cc1cc(C)c(-n2nc(C)c(CCl)c2C)c(C)c1. The standard InChI is InChI=1S/C15H19ClN2/c1-9-6-10(2)15(11(3)7-9)18-13(5)14(8-16)12(4)17-18/h6-7H,8H2,1-5H3. The fourth-order valence-electron chi connectivity index (χ4n) is 2.59. The summed E-state index contributed by atoms with van der Waals surface area (Å²) in [5.41, 5.74) is 8.25. The molecule has 0 spiro atoms. The number of hydrogen-bond acceptors (Lipinski definition) is 1. The average molecular weight is 263 g/mol. The molecule has 1 heterocycles. The van der Waals surface area contributed by atoms with E-state index in [0.717, 1.165) is 17.0 Å². The van der Waals surface area contributed by atoms with Crippen LogP contribution in [0.1, 0.15) is 33.6 Å². The fourth-order valence-corrected chi connectivity index (χ4v) is 2.98. The van der Waals surface area contributed by atoms with Crippen LogP contribution in [0.25, 0.3) is 5.69 Å². The summed E-state index contributed by atoms with van der Waals surface area (Å²) in [6.07, 6.45) is 0. The van der Waals surface area contributed by atoms with E-state index in [0.29, 0.717) is 5.88 Å². The molecule has 0 aliphatic heterocycles. The lowest BCUT2D eigenvalue weighted by atomic mass is 10.0. The molecule has 2 nitrogen and oxygen atoms in total. The second-order valence-corrected chi connectivity index (χ2v) is 5.21. The zero-order valence-electron chi connectivity index (χ0n) is 11.6. The minimum Gasteiger partial charge on any atom is -0.237 e. The van der Waals surface area contributed by atoms with Crippen LogP contribution >= 0.6 is 11.6 Å². The summed E-state index contributed by atoms with van der Waals surface area (Å²) in [7, 11) is 0. The summed E-state index contributed by atoms with van der Waals surface area (Å²) in [6.45, 7) is 10.5. The van der Waals surface area contributed by atoms with Crippen LogP contribution in [0.15, 0.2) is 12.1 Å². The first-order valence-electron chi connectivity index (χ1n) is 6.15. The predicted octanol–water partition coefficient (Wildman–Crippen LogP) is 4.15. The van der Waals surface area contributed by atoms with E-state index in [9.17, 15) is 0 Å². The molecule has 0 aliphatic carbocycles. The lowest BCUT2D eigenvalue weighted by Crippen LogP contribution is -2.05. The molecule has 0 fully saturated rings. The number of halogens is 1. The van der Waals surface area contributed by atoms with Gasteiger partial charge in [-0.05, 0) is 45.7 Å². The molecular weight excluding hydrogens is 244 g/mol. The maximum atomic E-state index is 5.99. The molecule has 0 saturated carbocycles. The minimum atomic E-state index is 0.515. The molecule has 0 aliphatic rings. The Hall–Kier alpha value is -1.28. The van der Waals surface area contributed by atoms with E-state index in [2.05, 4.69) is 44.9 Å². The highest BCUT2D eigenvalue weighted by molar-refractivity contribution is 6.17. The van der Waals surface area contributed by atoms with E-state index < -0.39 is 0 Å². The maximum Gasteiger partial charge on any atom is 0.0707 e. The first kappa shape index (κ1) is 13.2. The molecule has 0 N–H and O–H groups in total. The molecule has 18 heavy (non-hydrogen) atoms. The molecule has 1 aromatic heterocycles. The number of benzene rings is 1. The van der Waals surface area contributed by atoms with Crippen molar-refractivity contribution in [3.05, 3.63) is 45.8 Å². The lowest BCUT2D eigenvalue weighted by molar-refractivity contribution is 0.820. The third-order valence-electron chi connectivity index (χ3n) is 3.42. The van der Waals surface area contributed by atoms with Gasteiger partial charge in [-0.1, -0.05) is 17.7 Å². The molecule has 1 aromatic carbocycles. The zero-order valence-corrected chi connectivity index (χ0v) is 12.4. The van der Waals surface area contributed by atoms with Gasteiger partial charge in [0.2, 0.25) is 0 Å². The molecule has 3 heteroatoms. The number of hydrogen-bond donors (Lipinski definition) is 0. The summed E-state index contributed by atoms with van der Waals surface area (Å²) < 4.78 is 2.02. The van der Waals surface area contributed by atoms with Gasteiger partial charge in [-0.15, -0.1) is 11.6 Å². The van der Waals surface area contributed by atoms with E-state index in [1.807, 2.05) is 11.6 Å². The van der Waals surface area contributed by atoms with Crippen molar-refractivity contribution < 1.29 is 0 Å². The van der Waals surface area contributed by atoms with Crippen molar-refractivity contribution in [2.45, 2.75) is 40.5 Å². The summed E-state index contributed by atoms with van der Waals surface area (Å²) >= 11 is 5.99. The molecular formula is C15H19ClN2. The molecule has 2 aromatic rings. The number of rotatable bonds is 2. The second-order valence-electron chi connectivity index (χ2n) is 4.94. The van der Waals surface area contributed by atoms with Gasteiger partial charge in [-0.2, -0.15) is 5.10 Å². The number of nitrogens with zero attached hydrogens (tertiary/aromatic N) is 2. The normalized spacial score (nSPS) is 11.0. The van der Waals surface area contributed by atoms with Crippen LogP contribution < -0.4 is 0 Å². The van der Waals surface area contributed by atoms with Crippen LogP contribution in [0.3, 0.4) is 0 Å². The first-order valence-corrected chi connectivity index (χ1v) is 6.68. The quantitative estimate of drug-likeness (QED) is 0.744. The van der Waals surface area contributed by atoms with Crippen molar-refractivity contribution >= 4 is 11.6 Å². The summed E-state index contributed by atoms with van der Waals surface area (Å²) in [4.78, 5) is 0. The summed E-state index contributed by atoms with van der Waals surface area (Å²) in [5.74, 6) is 0.515. The van der Waals surface area contributed by atoms with Gasteiger partial charge in [0.1, 0.15) is 0 Å². The Bertz CT molecular complexity index is 574. The van der Waals surface area contributed by atoms with E-state index in [1.54, 1.807) is 0 Å². The summed E-state index contributed by atoms with van der Waals surface area (Å²) in [6, 6.07) is 4.39. The van der Waals surface area contributed by atoms with Gasteiger partial charge in [0.25, 0.3) is 0 Å². The van der Waals surface area contributed by atoms with E-state index in [4.69, 9.17) is 11.6 Å². The molecule has 0 unspecified atom stereocenters. The highest BCUT2D eigenvalue weighted by Crippen LogP contribution is 2.25. The fraction of sp³-hybridized carbons (Fsp3) is 0.400. The van der Waals surface area contributed by atoms with Gasteiger partial charge in [0.15, 0.2) is 0 Å². The number of alkyl halides is 1. The predicted molar refractivity (Wildman–Crippen MR) is 76.8 cm³/mol. The average Bonchev–Trinajstić information content (AvgIpc) is 2.53. The van der Waals surface area contributed by atoms with E-state index in [1.165, 1.54) is 22.4 Å². The monoisotopic (exact) mass is 262 g/mol. The third-order valence-corrected chi connectivity index (χ3v) is 3.69. The Balaban J connectivity index is 2.70. The summed E-state index contributed by atoms with van der Waals surface area (Å²) in [5, 5.41) is 4.63. The van der Waals surface area contributed by atoms with Gasteiger partial charge in [0, 0.05) is 11.3 Å². The first-order chi connectivity index (χ1) is 8.45. The second kappa shape index (κ2) is 4.77. The largest absolute Gasteiger partial charge is 0.237 e. The minimum absolute atomic E-state index is 0.515.